The van der Waals surface area contributed by atoms with Crippen LogP contribution in [0, 0.1) is 12.8 Å². The fourth-order valence-electron chi connectivity index (χ4n) is 1.54. The number of hydrogen-bond donors (Lipinski definition) is 1. The van der Waals surface area contributed by atoms with Crippen LogP contribution >= 0.6 is 11.8 Å². The van der Waals surface area contributed by atoms with Gasteiger partial charge in [0.2, 0.25) is 0 Å². The first-order valence-electron chi connectivity index (χ1n) is 5.64. The molecule has 0 saturated carbocycles. The monoisotopic (exact) mass is 238 g/mol. The number of aliphatic imine (C=N–C) groups is 1. The number of nitrogens with one attached hydrogen (secondary N) is 1. The molecule has 0 radical (unpaired) electrons. The Bertz CT molecular complexity index is 386. The van der Waals surface area contributed by atoms with Gasteiger partial charge >= 0.3 is 0 Å². The van der Waals surface area contributed by atoms with Crippen LogP contribution in [-0.4, -0.2) is 17.0 Å². The summed E-state index contributed by atoms with van der Waals surface area (Å²) < 4.78 is 5.48. The minimum Gasteiger partial charge on any atom is -0.464 e. The van der Waals surface area contributed by atoms with E-state index in [2.05, 4.69) is 24.2 Å². The maximum Gasteiger partial charge on any atom is 0.157 e. The first kappa shape index (κ1) is 11.6. The first-order chi connectivity index (χ1) is 7.65. The maximum absolute atomic E-state index is 5.48. The van der Waals surface area contributed by atoms with Gasteiger partial charge in [0.05, 0.1) is 6.54 Å². The van der Waals surface area contributed by atoms with Crippen LogP contribution in [0.2, 0.25) is 0 Å². The van der Waals surface area contributed by atoms with Gasteiger partial charge in [-0.1, -0.05) is 18.7 Å². The lowest BCUT2D eigenvalue weighted by Crippen LogP contribution is -2.41. The number of hydrogen-bond acceptors (Lipinski definition) is 3. The summed E-state index contributed by atoms with van der Waals surface area (Å²) in [6, 6.07) is 4.47. The third kappa shape index (κ3) is 2.82. The van der Waals surface area contributed by atoms with Gasteiger partial charge in [-0.05, 0) is 31.9 Å². The second kappa shape index (κ2) is 4.95. The molecule has 1 N–H and O–H groups in total. The number of furan rings is 1. The third-order valence-corrected chi connectivity index (χ3v) is 4.07. The van der Waals surface area contributed by atoms with Crippen LogP contribution in [0.1, 0.15) is 25.4 Å². The Morgan fingerprint density at radius 2 is 2.31 bits per heavy atom. The van der Waals surface area contributed by atoms with Crippen molar-refractivity contribution in [3.05, 3.63) is 23.7 Å². The van der Waals surface area contributed by atoms with E-state index < -0.39 is 0 Å². The van der Waals surface area contributed by atoms with Crippen LogP contribution in [0.4, 0.5) is 0 Å². The Kier molecular flexibility index (Phi) is 3.59. The number of rotatable bonds is 2. The summed E-state index contributed by atoms with van der Waals surface area (Å²) in [6.07, 6.45) is 0. The van der Waals surface area contributed by atoms with Crippen molar-refractivity contribution in [2.75, 3.05) is 5.75 Å². The highest BCUT2D eigenvalue weighted by Crippen LogP contribution is 2.19. The molecular formula is C12H18N2OS. The van der Waals surface area contributed by atoms with Gasteiger partial charge in [-0.25, -0.2) is 0 Å². The van der Waals surface area contributed by atoms with E-state index in [-0.39, 0.29) is 0 Å². The number of aryl methyl sites for hydroxylation is 1. The molecule has 1 aliphatic rings. The molecule has 2 rings (SSSR count). The predicted molar refractivity (Wildman–Crippen MR) is 68.8 cm³/mol. The highest BCUT2D eigenvalue weighted by molar-refractivity contribution is 8.13. The van der Waals surface area contributed by atoms with Crippen LogP contribution in [0.25, 0.3) is 0 Å². The normalized spacial score (nSPS) is 28.1. The Labute approximate surface area is 101 Å². The van der Waals surface area contributed by atoms with Crippen molar-refractivity contribution in [2.45, 2.75) is 33.4 Å². The van der Waals surface area contributed by atoms with Crippen LogP contribution in [-0.2, 0) is 6.54 Å². The molecule has 2 atom stereocenters. The fraction of sp³-hybridized carbons (Fsp3) is 0.583. The van der Waals surface area contributed by atoms with Gasteiger partial charge in [0, 0.05) is 11.8 Å². The van der Waals surface area contributed by atoms with Crippen molar-refractivity contribution < 1.29 is 4.42 Å². The lowest BCUT2D eigenvalue weighted by molar-refractivity contribution is 0.479. The summed E-state index contributed by atoms with van der Waals surface area (Å²) in [5.74, 6) is 3.72. The van der Waals surface area contributed by atoms with Crippen LogP contribution in [0.15, 0.2) is 21.5 Å². The van der Waals surface area contributed by atoms with Crippen molar-refractivity contribution in [2.24, 2.45) is 10.9 Å². The third-order valence-electron chi connectivity index (χ3n) is 2.86. The Morgan fingerprint density at radius 1 is 1.50 bits per heavy atom. The zero-order valence-electron chi connectivity index (χ0n) is 9.99. The molecule has 4 heteroatoms. The average Bonchev–Trinajstić information content (AvgIpc) is 2.66. The molecule has 1 fully saturated rings. The molecule has 2 heterocycles. The van der Waals surface area contributed by atoms with Gasteiger partial charge in [-0.2, -0.15) is 0 Å². The SMILES string of the molecule is Cc1ccc(CN=C2NC(C)C(C)CS2)o1. The molecule has 1 aromatic heterocycles. The highest BCUT2D eigenvalue weighted by Gasteiger charge is 2.20. The van der Waals surface area contributed by atoms with E-state index in [9.17, 15) is 0 Å². The van der Waals surface area contributed by atoms with E-state index in [0.29, 0.717) is 18.5 Å². The van der Waals surface area contributed by atoms with Gasteiger partial charge in [-0.3, -0.25) is 4.99 Å². The molecular weight excluding hydrogens is 220 g/mol. The zero-order valence-corrected chi connectivity index (χ0v) is 10.8. The molecule has 1 aliphatic heterocycles. The van der Waals surface area contributed by atoms with Gasteiger partial charge in [0.25, 0.3) is 0 Å². The molecule has 0 aliphatic carbocycles. The second-order valence-electron chi connectivity index (χ2n) is 4.36. The first-order valence-corrected chi connectivity index (χ1v) is 6.63. The van der Waals surface area contributed by atoms with Crippen LogP contribution in [0.5, 0.6) is 0 Å². The van der Waals surface area contributed by atoms with E-state index in [0.717, 1.165) is 22.4 Å². The zero-order chi connectivity index (χ0) is 11.5. The standard InChI is InChI=1S/C12H18N2OS/c1-8-7-16-12(14-10(8)3)13-6-11-5-4-9(2)15-11/h4-5,8,10H,6-7H2,1-3H3,(H,13,14). The summed E-state index contributed by atoms with van der Waals surface area (Å²) in [6.45, 7) is 7.05. The topological polar surface area (TPSA) is 37.5 Å². The molecule has 88 valence electrons. The van der Waals surface area contributed by atoms with Gasteiger partial charge in [-0.15, -0.1) is 0 Å². The number of thioether (sulfide) groups is 1. The van der Waals surface area contributed by atoms with E-state index in [1.807, 2.05) is 19.1 Å². The Morgan fingerprint density at radius 3 is 2.94 bits per heavy atom. The van der Waals surface area contributed by atoms with Gasteiger partial charge in [0.15, 0.2) is 5.17 Å². The summed E-state index contributed by atoms with van der Waals surface area (Å²) >= 11 is 1.80. The van der Waals surface area contributed by atoms with E-state index in [1.165, 1.54) is 0 Å². The van der Waals surface area contributed by atoms with Gasteiger partial charge < -0.3 is 9.73 Å². The lowest BCUT2D eigenvalue weighted by atomic mass is 10.1. The van der Waals surface area contributed by atoms with E-state index >= 15 is 0 Å². The molecule has 16 heavy (non-hydrogen) atoms. The summed E-state index contributed by atoms with van der Waals surface area (Å²) in [7, 11) is 0. The van der Waals surface area contributed by atoms with Crippen LogP contribution in [0.3, 0.4) is 0 Å². The van der Waals surface area contributed by atoms with Crippen molar-refractivity contribution >= 4 is 16.9 Å². The Hall–Kier alpha value is -0.900. The second-order valence-corrected chi connectivity index (χ2v) is 5.36. The van der Waals surface area contributed by atoms with Gasteiger partial charge in [0.1, 0.15) is 11.5 Å². The molecule has 0 bridgehead atoms. The molecule has 3 nitrogen and oxygen atoms in total. The molecule has 0 aromatic carbocycles. The predicted octanol–water partition coefficient (Wildman–Crippen LogP) is 2.81. The van der Waals surface area contributed by atoms with Crippen LogP contribution < -0.4 is 5.32 Å². The maximum atomic E-state index is 5.48. The van der Waals surface area contributed by atoms with Crippen molar-refractivity contribution in [1.29, 1.82) is 0 Å². The largest absolute Gasteiger partial charge is 0.464 e. The van der Waals surface area contributed by atoms with Crippen molar-refractivity contribution in [3.8, 4) is 0 Å². The molecule has 0 amide bonds. The Balaban J connectivity index is 1.93. The number of nitrogens with zero attached hydrogens (tertiary/aromatic N) is 1. The number of amidine groups is 1. The quantitative estimate of drug-likeness (QED) is 0.861. The van der Waals surface area contributed by atoms with E-state index in [1.54, 1.807) is 11.8 Å². The van der Waals surface area contributed by atoms with E-state index in [4.69, 9.17) is 4.42 Å². The summed E-state index contributed by atoms with van der Waals surface area (Å²) in [5, 5.41) is 4.46. The molecule has 1 aromatic rings. The molecule has 2 unspecified atom stereocenters. The lowest BCUT2D eigenvalue weighted by Gasteiger charge is -2.28. The minimum atomic E-state index is 0.512. The summed E-state index contributed by atoms with van der Waals surface area (Å²) in [4.78, 5) is 4.53. The molecule has 1 saturated heterocycles. The summed E-state index contributed by atoms with van der Waals surface area (Å²) in [5.41, 5.74) is 0. The van der Waals surface area contributed by atoms with Crippen molar-refractivity contribution in [3.63, 3.8) is 0 Å². The smallest absolute Gasteiger partial charge is 0.157 e. The fourth-order valence-corrected chi connectivity index (χ4v) is 2.68. The average molecular weight is 238 g/mol. The minimum absolute atomic E-state index is 0.512. The molecule has 0 spiro atoms. The highest BCUT2D eigenvalue weighted by atomic mass is 32.2. The van der Waals surface area contributed by atoms with Crippen molar-refractivity contribution in [1.82, 2.24) is 5.32 Å².